The molecule has 2 saturated heterocycles. The summed E-state index contributed by atoms with van der Waals surface area (Å²) in [6, 6.07) is 8.60. The fourth-order valence-electron chi connectivity index (χ4n) is 3.83. The normalized spacial score (nSPS) is 30.1. The second-order valence-electron chi connectivity index (χ2n) is 8.06. The molecule has 0 bridgehead atoms. The van der Waals surface area contributed by atoms with Crippen molar-refractivity contribution >= 4 is 23.8 Å². The molecule has 2 aliphatic rings. The van der Waals surface area contributed by atoms with Crippen LogP contribution in [0, 0.1) is 0 Å². The summed E-state index contributed by atoms with van der Waals surface area (Å²) in [6.45, 7) is 4.69. The Balaban J connectivity index is 1.79. The number of amides is 1. The molecule has 0 radical (unpaired) electrons. The van der Waals surface area contributed by atoms with Crippen molar-refractivity contribution in [3.05, 3.63) is 35.9 Å². The minimum atomic E-state index is -1.16. The third-order valence-corrected chi connectivity index (χ3v) is 5.21. The van der Waals surface area contributed by atoms with Crippen LogP contribution in [0.1, 0.15) is 39.4 Å². The largest absolute Gasteiger partial charge is 0.463 e. The molecular formula is C23H29NO10. The van der Waals surface area contributed by atoms with Crippen molar-refractivity contribution in [3.8, 4) is 0 Å². The average molecular weight is 479 g/mol. The number of ether oxygens (including phenoxy) is 6. The van der Waals surface area contributed by atoms with Crippen molar-refractivity contribution in [2.75, 3.05) is 13.2 Å². The van der Waals surface area contributed by atoms with Gasteiger partial charge in [-0.3, -0.25) is 19.2 Å². The third kappa shape index (κ3) is 6.99. The summed E-state index contributed by atoms with van der Waals surface area (Å²) in [4.78, 5) is 47.0. The van der Waals surface area contributed by atoms with Gasteiger partial charge in [-0.25, -0.2) is 0 Å². The first-order valence-corrected chi connectivity index (χ1v) is 10.9. The Hall–Kier alpha value is -3.02. The lowest BCUT2D eigenvalue weighted by Crippen LogP contribution is -2.66. The predicted molar refractivity (Wildman–Crippen MR) is 114 cm³/mol. The highest BCUT2D eigenvalue weighted by molar-refractivity contribution is 5.73. The number of rotatable bonds is 9. The molecule has 3 rings (SSSR count). The second kappa shape index (κ2) is 11.4. The van der Waals surface area contributed by atoms with Crippen LogP contribution in [-0.2, 0) is 47.6 Å². The summed E-state index contributed by atoms with van der Waals surface area (Å²) in [5, 5.41) is 2.66. The maximum absolute atomic E-state index is 11.9. The number of carbonyl (C=O) groups excluding carboxylic acids is 4. The molecule has 11 nitrogen and oxygen atoms in total. The highest BCUT2D eigenvalue weighted by atomic mass is 16.7. The zero-order chi connectivity index (χ0) is 24.8. The molecule has 1 aromatic carbocycles. The molecule has 2 fully saturated rings. The van der Waals surface area contributed by atoms with E-state index in [4.69, 9.17) is 28.4 Å². The van der Waals surface area contributed by atoms with Gasteiger partial charge in [-0.1, -0.05) is 30.3 Å². The molecule has 0 aromatic heterocycles. The number of benzene rings is 1. The van der Waals surface area contributed by atoms with Crippen LogP contribution in [0.5, 0.6) is 0 Å². The Kier molecular flexibility index (Phi) is 8.59. The molecular weight excluding hydrogens is 450 g/mol. The first-order chi connectivity index (χ1) is 16.2. The zero-order valence-electron chi connectivity index (χ0n) is 19.4. The number of epoxide rings is 1. The van der Waals surface area contributed by atoms with Gasteiger partial charge in [0.1, 0.15) is 31.0 Å². The van der Waals surface area contributed by atoms with Crippen molar-refractivity contribution in [2.45, 2.75) is 70.5 Å². The van der Waals surface area contributed by atoms with Gasteiger partial charge in [-0.2, -0.15) is 0 Å². The maximum atomic E-state index is 11.9. The van der Waals surface area contributed by atoms with Crippen LogP contribution in [-0.4, -0.2) is 73.8 Å². The van der Waals surface area contributed by atoms with Gasteiger partial charge in [0.15, 0.2) is 18.5 Å². The molecule has 1 aromatic rings. The van der Waals surface area contributed by atoms with E-state index in [1.165, 1.54) is 27.7 Å². The van der Waals surface area contributed by atoms with Gasteiger partial charge in [0.05, 0.1) is 6.61 Å². The van der Waals surface area contributed by atoms with E-state index in [2.05, 4.69) is 5.32 Å². The molecule has 0 saturated carbocycles. The monoisotopic (exact) mass is 479 g/mol. The quantitative estimate of drug-likeness (QED) is 0.307. The number of hydrogen-bond donors (Lipinski definition) is 1. The van der Waals surface area contributed by atoms with Gasteiger partial charge in [-0.05, 0) is 5.56 Å². The van der Waals surface area contributed by atoms with Crippen LogP contribution in [0.25, 0.3) is 0 Å². The Bertz CT molecular complexity index is 891. The van der Waals surface area contributed by atoms with E-state index in [0.717, 1.165) is 5.56 Å². The Labute approximate surface area is 197 Å². The minimum absolute atomic E-state index is 0.117. The van der Waals surface area contributed by atoms with Crippen LogP contribution in [0.15, 0.2) is 30.3 Å². The Morgan fingerprint density at radius 1 is 0.824 bits per heavy atom. The lowest BCUT2D eigenvalue weighted by atomic mass is 9.96. The lowest BCUT2D eigenvalue weighted by molar-refractivity contribution is -0.278. The first kappa shape index (κ1) is 25.6. The molecule has 11 heteroatoms. The molecule has 0 unspecified atom stereocenters. The van der Waals surface area contributed by atoms with E-state index < -0.39 is 54.5 Å². The van der Waals surface area contributed by atoms with Gasteiger partial charge in [0.2, 0.25) is 5.91 Å². The molecule has 34 heavy (non-hydrogen) atoms. The van der Waals surface area contributed by atoms with Gasteiger partial charge in [-0.15, -0.1) is 0 Å². The summed E-state index contributed by atoms with van der Waals surface area (Å²) in [7, 11) is 0. The summed E-state index contributed by atoms with van der Waals surface area (Å²) in [5.74, 6) is -2.35. The highest BCUT2D eigenvalue weighted by Gasteiger charge is 2.52. The van der Waals surface area contributed by atoms with Gasteiger partial charge in [0, 0.05) is 27.7 Å². The lowest BCUT2D eigenvalue weighted by Gasteiger charge is -2.44. The molecule has 1 amide bonds. The number of nitrogens with one attached hydrogen (secondary N) is 1. The smallest absolute Gasteiger partial charge is 0.303 e. The van der Waals surface area contributed by atoms with Crippen molar-refractivity contribution in [2.24, 2.45) is 0 Å². The molecule has 2 heterocycles. The first-order valence-electron chi connectivity index (χ1n) is 10.9. The van der Waals surface area contributed by atoms with Gasteiger partial charge >= 0.3 is 17.9 Å². The summed E-state index contributed by atoms with van der Waals surface area (Å²) < 4.78 is 33.4. The van der Waals surface area contributed by atoms with E-state index in [0.29, 0.717) is 0 Å². The fraction of sp³-hybridized carbons (Fsp3) is 0.565. The molecule has 0 aliphatic carbocycles. The van der Waals surface area contributed by atoms with Crippen LogP contribution in [0.4, 0.5) is 0 Å². The number of hydrogen-bond acceptors (Lipinski definition) is 10. The van der Waals surface area contributed by atoms with E-state index in [1.807, 2.05) is 30.3 Å². The fourth-order valence-corrected chi connectivity index (χ4v) is 3.83. The summed E-state index contributed by atoms with van der Waals surface area (Å²) >= 11 is 0. The third-order valence-electron chi connectivity index (χ3n) is 5.21. The van der Waals surface area contributed by atoms with Gasteiger partial charge in [0.25, 0.3) is 0 Å². The molecule has 186 valence electrons. The van der Waals surface area contributed by atoms with E-state index in [1.54, 1.807) is 0 Å². The van der Waals surface area contributed by atoms with Crippen LogP contribution >= 0.6 is 0 Å². The van der Waals surface area contributed by atoms with Gasteiger partial charge < -0.3 is 33.7 Å². The topological polar surface area (TPSA) is 139 Å². The zero-order valence-corrected chi connectivity index (χ0v) is 19.4. The summed E-state index contributed by atoms with van der Waals surface area (Å²) in [6.07, 6.45) is -4.83. The number of carbonyl (C=O) groups is 4. The predicted octanol–water partition coefficient (Wildman–Crippen LogP) is 0.799. The Morgan fingerprint density at radius 2 is 1.47 bits per heavy atom. The molecule has 1 N–H and O–H groups in total. The summed E-state index contributed by atoms with van der Waals surface area (Å²) in [5.41, 5.74) is 1.000. The van der Waals surface area contributed by atoms with Crippen LogP contribution < -0.4 is 5.32 Å². The maximum Gasteiger partial charge on any atom is 0.303 e. The van der Waals surface area contributed by atoms with E-state index in [9.17, 15) is 19.2 Å². The standard InChI is InChI=1S/C23H29NO10/c1-12(25)24-19-22(32-15(4)28)21(31-14(3)27)18(10-29-13(2)26)34-23(19)30-11-17-20(33-17)16-8-6-5-7-9-16/h5-9,17-23H,10-11H2,1-4H3,(H,24,25)/t17-,18+,19+,20-,21+,22+,23+/m0/s1. The van der Waals surface area contributed by atoms with E-state index >= 15 is 0 Å². The SMILES string of the molecule is CC(=O)N[C@H]1[C@H](OC[C@@H]2O[C@H]2c2ccccc2)O[C@H](COC(C)=O)[C@@H](OC(C)=O)[C@@H]1OC(C)=O. The molecule has 7 atom stereocenters. The molecule has 0 spiro atoms. The second-order valence-corrected chi connectivity index (χ2v) is 8.06. The van der Waals surface area contributed by atoms with Crippen molar-refractivity contribution in [1.29, 1.82) is 0 Å². The highest BCUT2D eigenvalue weighted by Crippen LogP contribution is 2.39. The van der Waals surface area contributed by atoms with E-state index in [-0.39, 0.29) is 25.4 Å². The molecule has 2 aliphatic heterocycles. The number of esters is 3. The average Bonchev–Trinajstić information content (AvgIpc) is 3.54. The van der Waals surface area contributed by atoms with Crippen LogP contribution in [0.3, 0.4) is 0 Å². The van der Waals surface area contributed by atoms with Crippen molar-refractivity contribution in [1.82, 2.24) is 5.32 Å². The Morgan fingerprint density at radius 3 is 2.06 bits per heavy atom. The van der Waals surface area contributed by atoms with Crippen molar-refractivity contribution in [3.63, 3.8) is 0 Å². The van der Waals surface area contributed by atoms with Crippen LogP contribution in [0.2, 0.25) is 0 Å². The minimum Gasteiger partial charge on any atom is -0.463 e. The van der Waals surface area contributed by atoms with Crippen molar-refractivity contribution < 1.29 is 47.6 Å².